The van der Waals surface area contributed by atoms with E-state index in [0.29, 0.717) is 0 Å². The second-order valence-corrected chi connectivity index (χ2v) is 5.02. The monoisotopic (exact) mass is 224 g/mol. The number of hydrogen-bond donors (Lipinski definition) is 1. The summed E-state index contributed by atoms with van der Waals surface area (Å²) in [6.45, 7) is 2.34. The summed E-state index contributed by atoms with van der Waals surface area (Å²) in [6, 6.07) is 0. The first kappa shape index (κ1) is 12.2. The van der Waals surface area contributed by atoms with Crippen LogP contribution < -0.4 is 0 Å². The average molecular weight is 224 g/mol. The van der Waals surface area contributed by atoms with Gasteiger partial charge in [-0.2, -0.15) is 17.6 Å². The third kappa shape index (κ3) is 2.35. The molecule has 0 aliphatic carbocycles. The molecule has 0 heterocycles. The molecule has 1 unspecified atom stereocenters. The van der Waals surface area contributed by atoms with E-state index in [1.165, 1.54) is 13.8 Å². The second kappa shape index (κ2) is 3.53. The van der Waals surface area contributed by atoms with E-state index in [9.17, 15) is 21.8 Å². The highest BCUT2D eigenvalue weighted by atomic mass is 32.2. The van der Waals surface area contributed by atoms with E-state index in [-0.39, 0.29) is 0 Å². The summed E-state index contributed by atoms with van der Waals surface area (Å²) in [5, 5.41) is -10.1. The Morgan fingerprint density at radius 2 is 1.58 bits per heavy atom. The van der Waals surface area contributed by atoms with Gasteiger partial charge in [0.25, 0.3) is 0 Å². The van der Waals surface area contributed by atoms with Crippen molar-refractivity contribution in [3.05, 3.63) is 0 Å². The molecule has 0 bridgehead atoms. The van der Waals surface area contributed by atoms with Crippen LogP contribution in [0.2, 0.25) is 0 Å². The van der Waals surface area contributed by atoms with E-state index in [1.54, 1.807) is 0 Å². The molecule has 0 fully saturated rings. The van der Waals surface area contributed by atoms with Crippen LogP contribution >= 0.6 is 12.6 Å². The third-order valence-electron chi connectivity index (χ3n) is 1.03. The maximum absolute atomic E-state index is 12.4. The molecule has 7 heteroatoms. The van der Waals surface area contributed by atoms with Gasteiger partial charge in [0, 0.05) is 5.25 Å². The van der Waals surface area contributed by atoms with Gasteiger partial charge in [0.05, 0.1) is 0 Å². The van der Waals surface area contributed by atoms with Crippen molar-refractivity contribution in [2.24, 2.45) is 0 Å². The number of rotatable bonds is 3. The van der Waals surface area contributed by atoms with Gasteiger partial charge in [-0.05, 0) is 0 Å². The summed E-state index contributed by atoms with van der Waals surface area (Å²) < 4.78 is 59.6. The molecular weight excluding hydrogens is 216 g/mol. The number of thiol groups is 1. The van der Waals surface area contributed by atoms with Gasteiger partial charge < -0.3 is 0 Å². The van der Waals surface area contributed by atoms with Crippen LogP contribution in [0.1, 0.15) is 13.8 Å². The van der Waals surface area contributed by atoms with Crippen molar-refractivity contribution in [3.8, 4) is 0 Å². The van der Waals surface area contributed by atoms with Gasteiger partial charge >= 0.3 is 10.5 Å². The number of hydrogen-bond acceptors (Lipinski definition) is 2. The molecule has 0 rings (SSSR count). The quantitative estimate of drug-likeness (QED) is 0.574. The Hall–Kier alpha value is 0.220. The molecule has 74 valence electrons. The predicted molar refractivity (Wildman–Crippen MR) is 42.2 cm³/mol. The Morgan fingerprint density at radius 1 is 1.25 bits per heavy atom. The van der Waals surface area contributed by atoms with Gasteiger partial charge in [-0.1, -0.05) is 26.5 Å². The van der Waals surface area contributed by atoms with E-state index < -0.39 is 26.6 Å². The lowest BCUT2D eigenvalue weighted by atomic mass is 10.6. The molecule has 0 aromatic rings. The van der Waals surface area contributed by atoms with Crippen molar-refractivity contribution in [1.29, 1.82) is 0 Å². The molecule has 1 nitrogen and oxygen atoms in total. The van der Waals surface area contributed by atoms with Crippen molar-refractivity contribution in [3.63, 3.8) is 0 Å². The highest BCUT2D eigenvalue weighted by Gasteiger charge is 2.59. The number of halogens is 4. The summed E-state index contributed by atoms with van der Waals surface area (Å²) in [5.41, 5.74) is 0. The van der Waals surface area contributed by atoms with Crippen molar-refractivity contribution >= 4 is 23.4 Å². The lowest BCUT2D eigenvalue weighted by Crippen LogP contribution is -2.42. The second-order valence-electron chi connectivity index (χ2n) is 2.40. The highest BCUT2D eigenvalue weighted by molar-refractivity contribution is 7.89. The minimum Gasteiger partial charge on any atom is -0.253 e. The van der Waals surface area contributed by atoms with Gasteiger partial charge in [0.2, 0.25) is 0 Å². The highest BCUT2D eigenvalue weighted by Crippen LogP contribution is 2.40. The average Bonchev–Trinajstić information content (AvgIpc) is 1.83. The Balaban J connectivity index is 4.74. The number of alkyl halides is 4. The van der Waals surface area contributed by atoms with E-state index >= 15 is 0 Å². The van der Waals surface area contributed by atoms with Crippen LogP contribution in [0.5, 0.6) is 0 Å². The Labute approximate surface area is 75.4 Å². The van der Waals surface area contributed by atoms with E-state index in [2.05, 4.69) is 12.6 Å². The van der Waals surface area contributed by atoms with Gasteiger partial charge in [0.1, 0.15) is 10.8 Å². The van der Waals surface area contributed by atoms with Crippen LogP contribution in [0, 0.1) is 0 Å². The fourth-order valence-corrected chi connectivity index (χ4v) is 1.52. The van der Waals surface area contributed by atoms with Crippen LogP contribution in [0.4, 0.5) is 17.6 Å². The fraction of sp³-hybridized carbons (Fsp3) is 1.00. The predicted octanol–water partition coefficient (Wildman–Crippen LogP) is 2.26. The molecule has 0 aromatic carbocycles. The van der Waals surface area contributed by atoms with Gasteiger partial charge in [-0.25, -0.2) is 0 Å². The third-order valence-corrected chi connectivity index (χ3v) is 3.08. The van der Waals surface area contributed by atoms with Gasteiger partial charge in [0.15, 0.2) is 0 Å². The first-order chi connectivity index (χ1) is 5.10. The largest absolute Gasteiger partial charge is 0.392 e. The van der Waals surface area contributed by atoms with E-state index in [1.807, 2.05) is 0 Å². The smallest absolute Gasteiger partial charge is 0.253 e. The van der Waals surface area contributed by atoms with Crippen LogP contribution in [-0.4, -0.2) is 20.0 Å². The lowest BCUT2D eigenvalue weighted by molar-refractivity contribution is -0.0857. The first-order valence-corrected chi connectivity index (χ1v) is 4.65. The van der Waals surface area contributed by atoms with Crippen molar-refractivity contribution in [2.75, 3.05) is 0 Å². The Bertz CT molecular complexity index is 186. The zero-order valence-corrected chi connectivity index (χ0v) is 8.06. The van der Waals surface area contributed by atoms with Gasteiger partial charge in [-0.15, -0.1) is 0 Å². The van der Waals surface area contributed by atoms with Crippen molar-refractivity contribution in [1.82, 2.24) is 0 Å². The van der Waals surface area contributed by atoms with Crippen LogP contribution in [0.25, 0.3) is 0 Å². The molecule has 0 aliphatic rings. The minimum atomic E-state index is -4.58. The summed E-state index contributed by atoms with van der Waals surface area (Å²) in [7, 11) is -2.91. The van der Waals surface area contributed by atoms with E-state index in [4.69, 9.17) is 0 Å². The van der Waals surface area contributed by atoms with Crippen molar-refractivity contribution < 1.29 is 21.8 Å². The van der Waals surface area contributed by atoms with E-state index in [0.717, 1.165) is 0 Å². The minimum absolute atomic E-state index is 1.03. The molecule has 0 amide bonds. The van der Waals surface area contributed by atoms with Crippen LogP contribution in [0.15, 0.2) is 0 Å². The summed E-state index contributed by atoms with van der Waals surface area (Å²) in [6.07, 6.45) is 0. The standard InChI is InChI=1S/C5H8F4OS2/c1-3(2)12(10)5(8,9)4(6,7)11/h3,11H,1-2H3. The first-order valence-electron chi connectivity index (χ1n) is 2.99. The SMILES string of the molecule is CC(C)S(=O)C(F)(F)C(F)(F)S. The maximum Gasteiger partial charge on any atom is 0.392 e. The molecule has 0 N–H and O–H groups in total. The molecule has 0 radical (unpaired) electrons. The normalized spacial score (nSPS) is 16.7. The zero-order valence-electron chi connectivity index (χ0n) is 6.35. The topological polar surface area (TPSA) is 17.1 Å². The molecule has 0 saturated heterocycles. The Kier molecular flexibility index (Phi) is 3.59. The molecule has 0 aromatic heterocycles. The molecule has 0 saturated carbocycles. The van der Waals surface area contributed by atoms with Gasteiger partial charge in [-0.3, -0.25) is 4.21 Å². The van der Waals surface area contributed by atoms with Crippen LogP contribution in [-0.2, 0) is 10.8 Å². The molecule has 0 aliphatic heterocycles. The summed E-state index contributed by atoms with van der Waals surface area (Å²) in [5.74, 6) is 0. The Morgan fingerprint density at radius 3 is 1.67 bits per heavy atom. The molecule has 0 spiro atoms. The van der Waals surface area contributed by atoms with Crippen LogP contribution in [0.3, 0.4) is 0 Å². The zero-order chi connectivity index (χ0) is 10.2. The summed E-state index contributed by atoms with van der Waals surface area (Å²) >= 11 is 2.39. The molecule has 12 heavy (non-hydrogen) atoms. The maximum atomic E-state index is 12.4. The van der Waals surface area contributed by atoms with Crippen molar-refractivity contribution in [2.45, 2.75) is 29.6 Å². The fourth-order valence-electron chi connectivity index (χ4n) is 0.417. The molecule has 1 atom stereocenters. The molecular formula is C5H8F4OS2. The lowest BCUT2D eigenvalue weighted by Gasteiger charge is -2.22. The summed E-state index contributed by atoms with van der Waals surface area (Å²) in [4.78, 5) is 0.